The van der Waals surface area contributed by atoms with Gasteiger partial charge >= 0.3 is 0 Å². The van der Waals surface area contributed by atoms with E-state index in [9.17, 15) is 4.79 Å². The quantitative estimate of drug-likeness (QED) is 0.775. The minimum atomic E-state index is -0.521. The Balaban J connectivity index is 0.00000128. The molecule has 0 bridgehead atoms. The molecule has 0 saturated carbocycles. The fourth-order valence-corrected chi connectivity index (χ4v) is 1.86. The van der Waals surface area contributed by atoms with E-state index in [-0.39, 0.29) is 18.3 Å². The molecule has 0 spiro atoms. The number of nitrogens with zero attached hydrogens (tertiary/aromatic N) is 2. The van der Waals surface area contributed by atoms with E-state index < -0.39 is 5.54 Å². The Morgan fingerprint density at radius 3 is 2.81 bits per heavy atom. The molecule has 0 radical (unpaired) electrons. The highest BCUT2D eigenvalue weighted by Gasteiger charge is 2.41. The molecule has 0 aliphatic carbocycles. The van der Waals surface area contributed by atoms with Gasteiger partial charge in [0.1, 0.15) is 5.54 Å². The average molecular weight is 247 g/mol. The molecule has 1 aromatic rings. The third-order valence-corrected chi connectivity index (χ3v) is 2.51. The lowest BCUT2D eigenvalue weighted by Gasteiger charge is -2.24. The van der Waals surface area contributed by atoms with Crippen molar-refractivity contribution in [1.29, 1.82) is 0 Å². The molecule has 90 valence electrons. The van der Waals surface area contributed by atoms with Crippen molar-refractivity contribution >= 4 is 18.3 Å². The molecule has 1 amide bonds. The molecule has 1 unspecified atom stereocenters. The van der Waals surface area contributed by atoms with Gasteiger partial charge in [-0.05, 0) is 19.9 Å². The maximum absolute atomic E-state index is 11.2. The van der Waals surface area contributed by atoms with Crippen LogP contribution in [-0.4, -0.2) is 29.1 Å². The minimum Gasteiger partial charge on any atom is -0.341 e. The van der Waals surface area contributed by atoms with Crippen molar-refractivity contribution in [3.05, 3.63) is 11.7 Å². The molecule has 2 N–H and O–H groups in total. The van der Waals surface area contributed by atoms with Crippen LogP contribution in [0.15, 0.2) is 4.52 Å². The number of carbonyl (C=O) groups excluding carboxylic acids is 1. The lowest BCUT2D eigenvalue weighted by atomic mass is 9.98. The van der Waals surface area contributed by atoms with Crippen molar-refractivity contribution in [1.82, 2.24) is 20.8 Å². The van der Waals surface area contributed by atoms with E-state index in [1.165, 1.54) is 6.92 Å². The van der Waals surface area contributed by atoms with Crippen LogP contribution in [0.1, 0.15) is 25.1 Å². The van der Waals surface area contributed by atoms with Gasteiger partial charge in [-0.15, -0.1) is 12.4 Å². The van der Waals surface area contributed by atoms with Gasteiger partial charge < -0.3 is 15.2 Å². The van der Waals surface area contributed by atoms with Crippen molar-refractivity contribution in [2.45, 2.75) is 25.8 Å². The van der Waals surface area contributed by atoms with Crippen LogP contribution >= 0.6 is 12.4 Å². The summed E-state index contributed by atoms with van der Waals surface area (Å²) in [6.07, 6.45) is 0.772. The van der Waals surface area contributed by atoms with Crippen molar-refractivity contribution in [2.75, 3.05) is 13.1 Å². The first-order valence-corrected chi connectivity index (χ1v) is 4.93. The molecule has 0 aromatic carbocycles. The summed E-state index contributed by atoms with van der Waals surface area (Å²) in [5, 5.41) is 9.82. The summed E-state index contributed by atoms with van der Waals surface area (Å²) < 4.78 is 5.14. The van der Waals surface area contributed by atoms with E-state index in [0.717, 1.165) is 13.0 Å². The lowest BCUT2D eigenvalue weighted by Crippen LogP contribution is -2.46. The van der Waals surface area contributed by atoms with E-state index in [1.54, 1.807) is 6.92 Å². The fourth-order valence-electron chi connectivity index (χ4n) is 1.86. The van der Waals surface area contributed by atoms with Crippen molar-refractivity contribution < 1.29 is 9.32 Å². The standard InChI is InChI=1S/C9H14N4O2.ClH/c1-6-11-8(15-13-6)9(12-7(2)14)3-4-10-5-9;/h10H,3-5H2,1-2H3,(H,12,14);1H. The topological polar surface area (TPSA) is 80.1 Å². The van der Waals surface area contributed by atoms with Gasteiger partial charge in [-0.2, -0.15) is 4.98 Å². The zero-order valence-electron chi connectivity index (χ0n) is 9.24. The summed E-state index contributed by atoms with van der Waals surface area (Å²) in [6.45, 7) is 4.72. The van der Waals surface area contributed by atoms with Gasteiger partial charge in [0.25, 0.3) is 5.89 Å². The lowest BCUT2D eigenvalue weighted by molar-refractivity contribution is -0.121. The number of aryl methyl sites for hydroxylation is 1. The fraction of sp³-hybridized carbons (Fsp3) is 0.667. The van der Waals surface area contributed by atoms with Crippen LogP contribution in [-0.2, 0) is 10.3 Å². The second-order valence-corrected chi connectivity index (χ2v) is 3.84. The zero-order chi connectivity index (χ0) is 10.9. The van der Waals surface area contributed by atoms with E-state index in [1.807, 2.05) is 0 Å². The molecule has 2 heterocycles. The van der Waals surface area contributed by atoms with Crippen LogP contribution in [0.4, 0.5) is 0 Å². The molecule has 1 aliphatic heterocycles. The van der Waals surface area contributed by atoms with Crippen LogP contribution in [0.3, 0.4) is 0 Å². The Labute approximate surface area is 99.6 Å². The van der Waals surface area contributed by atoms with Gasteiger partial charge in [-0.25, -0.2) is 0 Å². The first kappa shape index (κ1) is 12.9. The average Bonchev–Trinajstić information content (AvgIpc) is 2.73. The zero-order valence-corrected chi connectivity index (χ0v) is 10.1. The Morgan fingerprint density at radius 1 is 1.62 bits per heavy atom. The molecule has 7 heteroatoms. The van der Waals surface area contributed by atoms with E-state index >= 15 is 0 Å². The van der Waals surface area contributed by atoms with Crippen molar-refractivity contribution in [3.8, 4) is 0 Å². The minimum absolute atomic E-state index is 0. The highest BCUT2D eigenvalue weighted by molar-refractivity contribution is 5.85. The van der Waals surface area contributed by atoms with Crippen LogP contribution in [0, 0.1) is 6.92 Å². The second kappa shape index (κ2) is 4.80. The molecule has 1 aliphatic rings. The number of amides is 1. The van der Waals surface area contributed by atoms with Gasteiger partial charge in [0.05, 0.1) is 0 Å². The van der Waals surface area contributed by atoms with Crippen LogP contribution in [0.5, 0.6) is 0 Å². The Bertz CT molecular complexity index is 373. The number of hydrogen-bond donors (Lipinski definition) is 2. The van der Waals surface area contributed by atoms with Crippen LogP contribution < -0.4 is 10.6 Å². The first-order chi connectivity index (χ1) is 7.12. The van der Waals surface area contributed by atoms with Crippen LogP contribution in [0.2, 0.25) is 0 Å². The van der Waals surface area contributed by atoms with E-state index in [4.69, 9.17) is 4.52 Å². The first-order valence-electron chi connectivity index (χ1n) is 4.93. The number of halogens is 1. The molecule has 1 aromatic heterocycles. The maximum Gasteiger partial charge on any atom is 0.253 e. The Kier molecular flexibility index (Phi) is 3.88. The Morgan fingerprint density at radius 2 is 2.38 bits per heavy atom. The number of rotatable bonds is 2. The monoisotopic (exact) mass is 246 g/mol. The maximum atomic E-state index is 11.2. The van der Waals surface area contributed by atoms with E-state index in [0.29, 0.717) is 18.3 Å². The number of hydrogen-bond acceptors (Lipinski definition) is 5. The van der Waals surface area contributed by atoms with Crippen LogP contribution in [0.25, 0.3) is 0 Å². The Hall–Kier alpha value is -1.14. The summed E-state index contributed by atoms with van der Waals surface area (Å²) >= 11 is 0. The summed E-state index contributed by atoms with van der Waals surface area (Å²) in [7, 11) is 0. The predicted octanol–water partition coefficient (Wildman–Crippen LogP) is 0.125. The highest BCUT2D eigenvalue weighted by atomic mass is 35.5. The normalized spacial score (nSPS) is 23.9. The molecule has 2 rings (SSSR count). The summed E-state index contributed by atoms with van der Waals surface area (Å²) in [4.78, 5) is 15.3. The van der Waals surface area contributed by atoms with Gasteiger partial charge in [-0.3, -0.25) is 4.79 Å². The largest absolute Gasteiger partial charge is 0.341 e. The van der Waals surface area contributed by atoms with Crippen molar-refractivity contribution in [2.24, 2.45) is 0 Å². The summed E-state index contributed by atoms with van der Waals surface area (Å²) in [6, 6.07) is 0. The van der Waals surface area contributed by atoms with Crippen molar-refractivity contribution in [3.63, 3.8) is 0 Å². The third-order valence-electron chi connectivity index (χ3n) is 2.51. The molecule has 1 fully saturated rings. The molecular formula is C9H15ClN4O2. The molecule has 1 saturated heterocycles. The molecule has 1 atom stereocenters. The van der Waals surface area contributed by atoms with E-state index in [2.05, 4.69) is 20.8 Å². The molecule has 16 heavy (non-hydrogen) atoms. The SMILES string of the molecule is CC(=O)NC1(c2nc(C)no2)CCNC1.Cl. The summed E-state index contributed by atoms with van der Waals surface area (Å²) in [5.74, 6) is 0.983. The van der Waals surface area contributed by atoms with Gasteiger partial charge in [-0.1, -0.05) is 5.16 Å². The number of carbonyl (C=O) groups is 1. The number of nitrogens with one attached hydrogen (secondary N) is 2. The summed E-state index contributed by atoms with van der Waals surface area (Å²) in [5.41, 5.74) is -0.521. The predicted molar refractivity (Wildman–Crippen MR) is 59.3 cm³/mol. The van der Waals surface area contributed by atoms with Gasteiger partial charge in [0.2, 0.25) is 5.91 Å². The van der Waals surface area contributed by atoms with Gasteiger partial charge in [0.15, 0.2) is 5.82 Å². The third kappa shape index (κ3) is 2.33. The second-order valence-electron chi connectivity index (χ2n) is 3.84. The smallest absolute Gasteiger partial charge is 0.253 e. The molecular weight excluding hydrogens is 232 g/mol. The van der Waals surface area contributed by atoms with Gasteiger partial charge in [0, 0.05) is 13.5 Å². The number of aromatic nitrogens is 2. The molecule has 6 nitrogen and oxygen atoms in total. The highest BCUT2D eigenvalue weighted by Crippen LogP contribution is 2.26.